The summed E-state index contributed by atoms with van der Waals surface area (Å²) >= 11 is 3.11. The number of ether oxygens (including phenoxy) is 2. The third kappa shape index (κ3) is 4.12. The van der Waals surface area contributed by atoms with Crippen molar-refractivity contribution in [2.24, 2.45) is 0 Å². The van der Waals surface area contributed by atoms with E-state index in [1.54, 1.807) is 12.2 Å². The maximum Gasteiger partial charge on any atom is 0.471 e. The van der Waals surface area contributed by atoms with E-state index in [0.29, 0.717) is 4.47 Å². The minimum Gasteiger partial charge on any atom is -0.462 e. The maximum atomic E-state index is 14.4. The van der Waals surface area contributed by atoms with Crippen molar-refractivity contribution in [3.63, 3.8) is 0 Å². The summed E-state index contributed by atoms with van der Waals surface area (Å²) in [5, 5.41) is 1.78. The molecular formula is C15H14BrF4NO4. The van der Waals surface area contributed by atoms with E-state index in [2.05, 4.69) is 15.9 Å². The fourth-order valence-electron chi connectivity index (χ4n) is 2.72. The van der Waals surface area contributed by atoms with Gasteiger partial charge in [-0.05, 0) is 25.1 Å². The zero-order chi connectivity index (χ0) is 18.8. The summed E-state index contributed by atoms with van der Waals surface area (Å²) in [4.78, 5) is 22.4. The van der Waals surface area contributed by atoms with Gasteiger partial charge in [0.05, 0.1) is 12.7 Å². The predicted octanol–water partition coefficient (Wildman–Crippen LogP) is 2.81. The number of nitrogens with one attached hydrogen (secondary N) is 1. The van der Waals surface area contributed by atoms with Crippen molar-refractivity contribution in [2.75, 3.05) is 6.61 Å². The van der Waals surface area contributed by atoms with E-state index in [1.165, 1.54) is 12.1 Å². The summed E-state index contributed by atoms with van der Waals surface area (Å²) in [6.07, 6.45) is -6.94. The molecule has 1 amide bonds. The Morgan fingerprint density at radius 3 is 2.76 bits per heavy atom. The van der Waals surface area contributed by atoms with Crippen molar-refractivity contribution in [1.82, 2.24) is 5.32 Å². The Balaban J connectivity index is 2.59. The first kappa shape index (κ1) is 19.6. The molecular weight excluding hydrogens is 414 g/mol. The summed E-state index contributed by atoms with van der Waals surface area (Å²) in [6, 6.07) is 3.59. The lowest BCUT2D eigenvalue weighted by atomic mass is 9.80. The number of halogens is 5. The molecule has 0 saturated carbocycles. The topological polar surface area (TPSA) is 64.6 Å². The first-order chi connectivity index (χ1) is 11.6. The molecule has 25 heavy (non-hydrogen) atoms. The van der Waals surface area contributed by atoms with Gasteiger partial charge in [-0.3, -0.25) is 9.59 Å². The summed E-state index contributed by atoms with van der Waals surface area (Å²) in [6.45, 7) is 1.17. The molecule has 0 aliphatic carbocycles. The molecule has 0 spiro atoms. The van der Waals surface area contributed by atoms with Crippen molar-refractivity contribution in [3.8, 4) is 0 Å². The molecule has 1 aliphatic rings. The number of carbonyl (C=O) groups excluding carboxylic acids is 2. The highest BCUT2D eigenvalue weighted by atomic mass is 79.9. The fourth-order valence-corrected chi connectivity index (χ4v) is 3.09. The van der Waals surface area contributed by atoms with E-state index in [1.807, 2.05) is 0 Å². The molecule has 5 nitrogen and oxygen atoms in total. The van der Waals surface area contributed by atoms with Gasteiger partial charge in [0.25, 0.3) is 6.47 Å². The SMILES string of the molecule is C[C@H]1C[C@@H](OC=O)[C@](NC(=O)C(F)(F)F)(c2cc(Br)ccc2F)CO1. The third-order valence-electron chi connectivity index (χ3n) is 3.91. The normalized spacial score (nSPS) is 26.8. The highest BCUT2D eigenvalue weighted by Gasteiger charge is 2.53. The van der Waals surface area contributed by atoms with Crippen molar-refractivity contribution >= 4 is 28.3 Å². The zero-order valence-corrected chi connectivity index (χ0v) is 14.5. The molecule has 0 bridgehead atoms. The predicted molar refractivity (Wildman–Crippen MR) is 80.9 cm³/mol. The summed E-state index contributed by atoms with van der Waals surface area (Å²) in [7, 11) is 0. The molecule has 1 aliphatic heterocycles. The van der Waals surface area contributed by atoms with Gasteiger partial charge in [0.15, 0.2) is 0 Å². The summed E-state index contributed by atoms with van der Waals surface area (Å²) in [5.41, 5.74) is -2.30. The van der Waals surface area contributed by atoms with E-state index >= 15 is 0 Å². The fraction of sp³-hybridized carbons (Fsp3) is 0.467. The molecule has 1 fully saturated rings. The van der Waals surface area contributed by atoms with E-state index in [-0.39, 0.29) is 18.5 Å². The first-order valence-corrected chi connectivity index (χ1v) is 7.95. The number of alkyl halides is 3. The van der Waals surface area contributed by atoms with Crippen LogP contribution in [0.25, 0.3) is 0 Å². The van der Waals surface area contributed by atoms with Crippen LogP contribution in [0.3, 0.4) is 0 Å². The van der Waals surface area contributed by atoms with Crippen molar-refractivity contribution in [2.45, 2.75) is 37.3 Å². The van der Waals surface area contributed by atoms with Gasteiger partial charge in [0.1, 0.15) is 17.5 Å². The quantitative estimate of drug-likeness (QED) is 0.592. The van der Waals surface area contributed by atoms with Gasteiger partial charge in [0, 0.05) is 16.5 Å². The second-order valence-corrected chi connectivity index (χ2v) is 6.54. The molecule has 3 atom stereocenters. The average Bonchev–Trinajstić information content (AvgIpc) is 2.52. The maximum absolute atomic E-state index is 14.4. The Hall–Kier alpha value is -1.68. The molecule has 10 heteroatoms. The highest BCUT2D eigenvalue weighted by Crippen LogP contribution is 2.38. The van der Waals surface area contributed by atoms with Gasteiger partial charge in [0.2, 0.25) is 0 Å². The highest BCUT2D eigenvalue weighted by molar-refractivity contribution is 9.10. The average molecular weight is 428 g/mol. The van der Waals surface area contributed by atoms with Gasteiger partial charge < -0.3 is 14.8 Å². The molecule has 1 saturated heterocycles. The van der Waals surface area contributed by atoms with E-state index in [9.17, 15) is 27.2 Å². The Bertz CT molecular complexity index is 669. The third-order valence-corrected chi connectivity index (χ3v) is 4.41. The molecule has 0 aromatic heterocycles. The second-order valence-electron chi connectivity index (χ2n) is 5.63. The van der Waals surface area contributed by atoms with Crippen molar-refractivity contribution < 1.29 is 36.6 Å². The van der Waals surface area contributed by atoms with E-state index < -0.39 is 42.3 Å². The van der Waals surface area contributed by atoms with Crippen LogP contribution in [0.1, 0.15) is 18.9 Å². The molecule has 1 aromatic carbocycles. The Morgan fingerprint density at radius 1 is 1.48 bits per heavy atom. The van der Waals surface area contributed by atoms with Crippen LogP contribution in [0.15, 0.2) is 22.7 Å². The second kappa shape index (κ2) is 7.28. The molecule has 1 N–H and O–H groups in total. The van der Waals surface area contributed by atoms with Crippen LogP contribution in [-0.2, 0) is 24.6 Å². The van der Waals surface area contributed by atoms with E-state index in [0.717, 1.165) is 6.07 Å². The van der Waals surface area contributed by atoms with Crippen LogP contribution in [0.2, 0.25) is 0 Å². The van der Waals surface area contributed by atoms with Crippen LogP contribution in [-0.4, -0.2) is 37.4 Å². The van der Waals surface area contributed by atoms with Crippen LogP contribution in [0.4, 0.5) is 17.6 Å². The number of carbonyl (C=O) groups is 2. The lowest BCUT2D eigenvalue weighted by Crippen LogP contribution is -2.63. The lowest BCUT2D eigenvalue weighted by Gasteiger charge is -2.45. The minimum absolute atomic E-state index is 0.0250. The van der Waals surface area contributed by atoms with Crippen LogP contribution in [0, 0.1) is 5.82 Å². The van der Waals surface area contributed by atoms with Crippen molar-refractivity contribution in [1.29, 1.82) is 0 Å². The van der Waals surface area contributed by atoms with Crippen LogP contribution < -0.4 is 5.32 Å². The van der Waals surface area contributed by atoms with Crippen LogP contribution in [0.5, 0.6) is 0 Å². The zero-order valence-electron chi connectivity index (χ0n) is 12.9. The number of benzene rings is 1. The first-order valence-electron chi connectivity index (χ1n) is 7.15. The summed E-state index contributed by atoms with van der Waals surface area (Å²) < 4.78 is 63.4. The smallest absolute Gasteiger partial charge is 0.462 e. The Morgan fingerprint density at radius 2 is 2.16 bits per heavy atom. The molecule has 0 radical (unpaired) electrons. The largest absolute Gasteiger partial charge is 0.471 e. The van der Waals surface area contributed by atoms with Gasteiger partial charge in [-0.2, -0.15) is 13.2 Å². The summed E-state index contributed by atoms with van der Waals surface area (Å²) in [5.74, 6) is -3.16. The molecule has 1 aromatic rings. The van der Waals surface area contributed by atoms with Gasteiger partial charge in [-0.25, -0.2) is 4.39 Å². The molecule has 1 heterocycles. The lowest BCUT2D eigenvalue weighted by molar-refractivity contribution is -0.185. The molecule has 2 rings (SSSR count). The Labute approximate surface area is 148 Å². The number of rotatable bonds is 4. The van der Waals surface area contributed by atoms with Gasteiger partial charge in [-0.15, -0.1) is 0 Å². The number of hydrogen-bond acceptors (Lipinski definition) is 4. The van der Waals surface area contributed by atoms with Gasteiger partial charge in [-0.1, -0.05) is 15.9 Å². The standard InChI is InChI=1S/C15H14BrF4NO4/c1-8-4-12(25-7-22)14(6-24-8,21-13(23)15(18,19)20)10-5-9(16)2-3-11(10)17/h2-3,5,7-8,12H,4,6H2,1H3,(H,21,23)/t8-,12+,14+/m0/s1. The Kier molecular flexibility index (Phi) is 5.72. The monoisotopic (exact) mass is 427 g/mol. The minimum atomic E-state index is -5.20. The number of hydrogen-bond donors (Lipinski definition) is 1. The van der Waals surface area contributed by atoms with Crippen LogP contribution >= 0.6 is 15.9 Å². The molecule has 0 unspecified atom stereocenters. The van der Waals surface area contributed by atoms with Gasteiger partial charge >= 0.3 is 12.1 Å². The van der Waals surface area contributed by atoms with E-state index in [4.69, 9.17) is 9.47 Å². The number of amides is 1. The molecule has 138 valence electrons. The van der Waals surface area contributed by atoms with Crippen molar-refractivity contribution in [3.05, 3.63) is 34.1 Å².